The third kappa shape index (κ3) is 5.60. The quantitative estimate of drug-likeness (QED) is 0.496. The van der Waals surface area contributed by atoms with Crippen LogP contribution in [0.3, 0.4) is 0 Å². The summed E-state index contributed by atoms with van der Waals surface area (Å²) < 4.78 is 5.20. The third-order valence-corrected chi connectivity index (χ3v) is 5.84. The number of nitrogens with one attached hydrogen (secondary N) is 3. The lowest BCUT2D eigenvalue weighted by Gasteiger charge is -2.23. The molecule has 0 spiro atoms. The molecule has 1 atom stereocenters. The van der Waals surface area contributed by atoms with Gasteiger partial charge in [-0.1, -0.05) is 29.8 Å². The number of hydrazine groups is 1. The largest absolute Gasteiger partial charge is 0.497 e. The molecule has 1 aliphatic heterocycles. The Morgan fingerprint density at radius 3 is 2.31 bits per heavy atom. The van der Waals surface area contributed by atoms with Crippen LogP contribution in [0.25, 0.3) is 0 Å². The highest BCUT2D eigenvalue weighted by Gasteiger charge is 2.50. The van der Waals surface area contributed by atoms with Crippen LogP contribution in [0.5, 0.6) is 5.75 Å². The van der Waals surface area contributed by atoms with Crippen LogP contribution in [0, 0.1) is 20.8 Å². The zero-order chi connectivity index (χ0) is 25.9. The van der Waals surface area contributed by atoms with E-state index in [1.807, 2.05) is 32.9 Å². The molecule has 1 fully saturated rings. The summed E-state index contributed by atoms with van der Waals surface area (Å²) in [6.45, 7) is 7.13. The van der Waals surface area contributed by atoms with E-state index in [1.165, 1.54) is 12.0 Å². The van der Waals surface area contributed by atoms with Gasteiger partial charge in [-0.15, -0.1) is 0 Å². The van der Waals surface area contributed by atoms with E-state index in [9.17, 15) is 19.2 Å². The van der Waals surface area contributed by atoms with Gasteiger partial charge in [-0.05, 0) is 63.6 Å². The van der Waals surface area contributed by atoms with Crippen LogP contribution >= 0.6 is 0 Å². The van der Waals surface area contributed by atoms with Gasteiger partial charge in [0.25, 0.3) is 11.8 Å². The smallest absolute Gasteiger partial charge is 0.344 e. The number of imide groups is 1. The van der Waals surface area contributed by atoms with Crippen LogP contribution in [0.1, 0.15) is 29.2 Å². The second kappa shape index (κ2) is 10.1. The van der Waals surface area contributed by atoms with E-state index < -0.39 is 23.4 Å². The van der Waals surface area contributed by atoms with Gasteiger partial charge in [-0.2, -0.15) is 5.01 Å². The van der Waals surface area contributed by atoms with Gasteiger partial charge in [-0.3, -0.25) is 24.7 Å². The highest BCUT2D eigenvalue weighted by molar-refractivity contribution is 6.08. The van der Waals surface area contributed by atoms with Crippen molar-refractivity contribution in [3.8, 4) is 5.75 Å². The number of carbonyl (C=O) groups excluding carboxylic acids is 4. The van der Waals surface area contributed by atoms with Gasteiger partial charge in [0.15, 0.2) is 0 Å². The van der Waals surface area contributed by atoms with E-state index >= 15 is 0 Å². The number of likely N-dealkylation sites (N-methyl/N-ethyl adjacent to an activating group) is 1. The molecule has 35 heavy (non-hydrogen) atoms. The standard InChI is InChI=1S/C25H31N5O5/c1-15-10-16(2)22(17(3)11-15)26-20(31)13-29(5)14-21(32)28-30-23(33)25(4,27-24(30)34)18-8-7-9-19(12-18)35-6/h7-12H,13-14H2,1-6H3,(H,26,31)(H,27,34)(H,28,32). The fourth-order valence-corrected chi connectivity index (χ4v) is 4.13. The summed E-state index contributed by atoms with van der Waals surface area (Å²) in [5.74, 6) is -0.989. The number of benzene rings is 2. The molecule has 10 nitrogen and oxygen atoms in total. The average molecular weight is 482 g/mol. The fraction of sp³-hybridized carbons (Fsp3) is 0.360. The maximum absolute atomic E-state index is 13.0. The Morgan fingerprint density at radius 2 is 1.69 bits per heavy atom. The highest BCUT2D eigenvalue weighted by Crippen LogP contribution is 2.30. The van der Waals surface area contributed by atoms with Crippen molar-refractivity contribution in [2.75, 3.05) is 32.6 Å². The Kier molecular flexibility index (Phi) is 7.45. The van der Waals surface area contributed by atoms with Gasteiger partial charge < -0.3 is 15.4 Å². The van der Waals surface area contributed by atoms with Gasteiger partial charge in [-0.25, -0.2) is 4.79 Å². The molecule has 0 bridgehead atoms. The van der Waals surface area contributed by atoms with Crippen molar-refractivity contribution < 1.29 is 23.9 Å². The second-order valence-corrected chi connectivity index (χ2v) is 8.96. The molecule has 1 unspecified atom stereocenters. The number of urea groups is 1. The SMILES string of the molecule is COc1cccc(C2(C)NC(=O)N(NC(=O)CN(C)CC(=O)Nc3c(C)cc(C)cc3C)C2=O)c1. The molecule has 1 aliphatic rings. The summed E-state index contributed by atoms with van der Waals surface area (Å²) in [7, 11) is 3.10. The Balaban J connectivity index is 1.59. The van der Waals surface area contributed by atoms with Crippen LogP contribution in [-0.2, 0) is 19.9 Å². The topological polar surface area (TPSA) is 120 Å². The van der Waals surface area contributed by atoms with E-state index in [0.29, 0.717) is 16.3 Å². The molecular formula is C25H31N5O5. The second-order valence-electron chi connectivity index (χ2n) is 8.96. The molecule has 2 aromatic carbocycles. The summed E-state index contributed by atoms with van der Waals surface area (Å²) in [6.07, 6.45) is 0. The minimum atomic E-state index is -1.37. The predicted octanol–water partition coefficient (Wildman–Crippen LogP) is 1.99. The normalized spacial score (nSPS) is 17.4. The number of rotatable bonds is 8. The summed E-state index contributed by atoms with van der Waals surface area (Å²) >= 11 is 0. The number of methoxy groups -OCH3 is 1. The van der Waals surface area contributed by atoms with Crippen molar-refractivity contribution in [1.29, 1.82) is 0 Å². The molecule has 1 heterocycles. The molecule has 3 N–H and O–H groups in total. The minimum absolute atomic E-state index is 0.0537. The molecule has 0 radical (unpaired) electrons. The van der Waals surface area contributed by atoms with Crippen LogP contribution in [0.4, 0.5) is 10.5 Å². The zero-order valence-electron chi connectivity index (χ0n) is 20.8. The first-order valence-electron chi connectivity index (χ1n) is 11.1. The molecule has 2 aromatic rings. The summed E-state index contributed by atoms with van der Waals surface area (Å²) in [5, 5.41) is 6.17. The van der Waals surface area contributed by atoms with E-state index in [1.54, 1.807) is 38.2 Å². The summed E-state index contributed by atoms with van der Waals surface area (Å²) in [5.41, 5.74) is 5.24. The van der Waals surface area contributed by atoms with Gasteiger partial charge in [0, 0.05) is 5.69 Å². The average Bonchev–Trinajstić information content (AvgIpc) is 3.00. The molecule has 186 valence electrons. The number of amides is 5. The van der Waals surface area contributed by atoms with E-state index in [4.69, 9.17) is 4.74 Å². The van der Waals surface area contributed by atoms with Gasteiger partial charge in [0.2, 0.25) is 5.91 Å². The maximum atomic E-state index is 13.0. The highest BCUT2D eigenvalue weighted by atomic mass is 16.5. The Hall–Kier alpha value is -3.92. The van der Waals surface area contributed by atoms with Crippen molar-refractivity contribution in [1.82, 2.24) is 20.7 Å². The minimum Gasteiger partial charge on any atom is -0.497 e. The first-order valence-corrected chi connectivity index (χ1v) is 11.1. The lowest BCUT2D eigenvalue weighted by atomic mass is 9.92. The predicted molar refractivity (Wildman–Crippen MR) is 131 cm³/mol. The Labute approximate surface area is 204 Å². The molecule has 3 rings (SSSR count). The molecule has 1 saturated heterocycles. The van der Waals surface area contributed by atoms with Crippen molar-refractivity contribution >= 4 is 29.4 Å². The van der Waals surface area contributed by atoms with Crippen LogP contribution in [-0.4, -0.2) is 60.9 Å². The lowest BCUT2D eigenvalue weighted by Crippen LogP contribution is -2.50. The molecule has 0 saturated carbocycles. The van der Waals surface area contributed by atoms with Crippen LogP contribution in [0.15, 0.2) is 36.4 Å². The maximum Gasteiger partial charge on any atom is 0.344 e. The zero-order valence-corrected chi connectivity index (χ0v) is 20.8. The summed E-state index contributed by atoms with van der Waals surface area (Å²) in [4.78, 5) is 52.1. The van der Waals surface area contributed by atoms with Crippen molar-refractivity contribution in [2.24, 2.45) is 0 Å². The molecule has 10 heteroatoms. The van der Waals surface area contributed by atoms with Gasteiger partial charge >= 0.3 is 6.03 Å². The van der Waals surface area contributed by atoms with Crippen molar-refractivity contribution in [3.05, 3.63) is 58.7 Å². The first-order chi connectivity index (χ1) is 16.4. The molecule has 0 aromatic heterocycles. The number of anilines is 1. The van der Waals surface area contributed by atoms with Gasteiger partial charge in [0.1, 0.15) is 11.3 Å². The monoisotopic (exact) mass is 481 g/mol. The van der Waals surface area contributed by atoms with Crippen LogP contribution < -0.4 is 20.8 Å². The number of aryl methyl sites for hydroxylation is 3. The molecular weight excluding hydrogens is 450 g/mol. The number of hydrogen-bond acceptors (Lipinski definition) is 6. The van der Waals surface area contributed by atoms with E-state index in [0.717, 1.165) is 22.4 Å². The van der Waals surface area contributed by atoms with Crippen molar-refractivity contribution in [2.45, 2.75) is 33.2 Å². The number of ether oxygens (including phenoxy) is 1. The number of hydrogen-bond donors (Lipinski definition) is 3. The third-order valence-electron chi connectivity index (χ3n) is 5.84. The van der Waals surface area contributed by atoms with Crippen LogP contribution in [0.2, 0.25) is 0 Å². The Bertz CT molecular complexity index is 1160. The lowest BCUT2D eigenvalue weighted by molar-refractivity contribution is -0.139. The Morgan fingerprint density at radius 1 is 1.06 bits per heavy atom. The molecule has 5 amide bonds. The van der Waals surface area contributed by atoms with E-state index in [2.05, 4.69) is 16.1 Å². The fourth-order valence-electron chi connectivity index (χ4n) is 4.13. The summed E-state index contributed by atoms with van der Waals surface area (Å²) in [6, 6.07) is 9.98. The number of carbonyl (C=O) groups is 4. The van der Waals surface area contributed by atoms with E-state index in [-0.39, 0.29) is 19.0 Å². The number of nitrogens with zero attached hydrogens (tertiary/aromatic N) is 2. The molecule has 0 aliphatic carbocycles. The first kappa shape index (κ1) is 25.7. The van der Waals surface area contributed by atoms with Crippen molar-refractivity contribution in [3.63, 3.8) is 0 Å². The van der Waals surface area contributed by atoms with Gasteiger partial charge in [0.05, 0.1) is 20.2 Å².